The topological polar surface area (TPSA) is 75.3 Å². The van der Waals surface area contributed by atoms with Crippen LogP contribution in [0.1, 0.15) is 35.7 Å². The number of para-hydroxylation sites is 2. The summed E-state index contributed by atoms with van der Waals surface area (Å²) in [6.45, 7) is 4.07. The third-order valence-electron chi connectivity index (χ3n) is 4.34. The van der Waals surface area contributed by atoms with Gasteiger partial charge in [0.1, 0.15) is 4.90 Å². The number of benzene rings is 3. The Morgan fingerprint density at radius 3 is 2.28 bits per heavy atom. The Morgan fingerprint density at radius 1 is 0.931 bits per heavy atom. The summed E-state index contributed by atoms with van der Waals surface area (Å²) in [5.41, 5.74) is 2.29. The molecule has 0 fully saturated rings. The minimum absolute atomic E-state index is 0.0348. The molecule has 0 unspecified atom stereocenters. The largest absolute Gasteiger partial charge is 0.322 e. The van der Waals surface area contributed by atoms with Crippen molar-refractivity contribution in [3.63, 3.8) is 0 Å². The first-order valence-corrected chi connectivity index (χ1v) is 10.9. The third kappa shape index (κ3) is 4.96. The average Bonchev–Trinajstić information content (AvgIpc) is 2.68. The molecule has 0 aliphatic heterocycles. The highest BCUT2D eigenvalue weighted by Crippen LogP contribution is 2.27. The number of carbonyl (C=O) groups excluding carboxylic acids is 1. The van der Waals surface area contributed by atoms with Crippen molar-refractivity contribution in [1.29, 1.82) is 0 Å². The third-order valence-corrected chi connectivity index (χ3v) is 6.20. The van der Waals surface area contributed by atoms with Crippen molar-refractivity contribution in [3.05, 3.63) is 88.9 Å². The lowest BCUT2D eigenvalue weighted by Gasteiger charge is -2.14. The molecule has 29 heavy (non-hydrogen) atoms. The van der Waals surface area contributed by atoms with Crippen molar-refractivity contribution in [3.8, 4) is 0 Å². The van der Waals surface area contributed by atoms with Crippen molar-refractivity contribution < 1.29 is 13.2 Å². The predicted octanol–water partition coefficient (Wildman–Crippen LogP) is 5.52. The Labute approximate surface area is 175 Å². The smallest absolute Gasteiger partial charge is 0.263 e. The molecule has 0 atom stereocenters. The second-order valence-corrected chi connectivity index (χ2v) is 8.87. The van der Waals surface area contributed by atoms with E-state index < -0.39 is 15.9 Å². The van der Waals surface area contributed by atoms with Crippen LogP contribution in [0.4, 0.5) is 11.4 Å². The molecule has 5 nitrogen and oxygen atoms in total. The van der Waals surface area contributed by atoms with E-state index >= 15 is 0 Å². The highest BCUT2D eigenvalue weighted by atomic mass is 35.5. The first kappa shape index (κ1) is 20.9. The van der Waals surface area contributed by atoms with Crippen LogP contribution in [0.5, 0.6) is 0 Å². The molecule has 2 N–H and O–H groups in total. The first-order chi connectivity index (χ1) is 13.8. The summed E-state index contributed by atoms with van der Waals surface area (Å²) in [5, 5.41) is 2.89. The van der Waals surface area contributed by atoms with Gasteiger partial charge in [0.15, 0.2) is 0 Å². The van der Waals surface area contributed by atoms with Gasteiger partial charge in [0.2, 0.25) is 0 Å². The van der Waals surface area contributed by atoms with Gasteiger partial charge in [-0.3, -0.25) is 9.52 Å². The van der Waals surface area contributed by atoms with E-state index in [4.69, 9.17) is 11.6 Å². The van der Waals surface area contributed by atoms with Crippen LogP contribution in [0.25, 0.3) is 0 Å². The molecule has 0 aromatic heterocycles. The Bertz CT molecular complexity index is 1130. The number of anilines is 2. The van der Waals surface area contributed by atoms with Gasteiger partial charge in [-0.25, -0.2) is 8.42 Å². The number of carbonyl (C=O) groups is 1. The summed E-state index contributed by atoms with van der Waals surface area (Å²) in [7, 11) is -3.96. The minimum Gasteiger partial charge on any atom is -0.322 e. The zero-order chi connectivity index (χ0) is 21.0. The molecule has 0 saturated carbocycles. The van der Waals surface area contributed by atoms with E-state index in [2.05, 4.69) is 10.0 Å². The van der Waals surface area contributed by atoms with E-state index in [1.165, 1.54) is 18.2 Å². The van der Waals surface area contributed by atoms with Crippen LogP contribution < -0.4 is 10.0 Å². The van der Waals surface area contributed by atoms with Gasteiger partial charge in [-0.2, -0.15) is 0 Å². The molecule has 3 aromatic rings. The molecular formula is C22H21ClN2O3S. The average molecular weight is 429 g/mol. The normalized spacial score (nSPS) is 11.3. The van der Waals surface area contributed by atoms with Crippen molar-refractivity contribution in [1.82, 2.24) is 0 Å². The van der Waals surface area contributed by atoms with E-state index in [0.29, 0.717) is 11.4 Å². The van der Waals surface area contributed by atoms with Gasteiger partial charge in [0.25, 0.3) is 15.9 Å². The maximum absolute atomic E-state index is 12.8. The molecule has 0 spiro atoms. The van der Waals surface area contributed by atoms with Gasteiger partial charge in [0, 0.05) is 16.9 Å². The van der Waals surface area contributed by atoms with E-state index in [-0.39, 0.29) is 21.4 Å². The standard InChI is InChI=1S/C22H21ClN2O3S/c1-15(2)18-10-6-7-11-20(18)24-22(26)16-12-13-19(23)21(14-16)29(27,28)25-17-8-4-3-5-9-17/h3-15,25H,1-2H3,(H,24,26). The van der Waals surface area contributed by atoms with Crippen molar-refractivity contribution >= 4 is 38.9 Å². The first-order valence-electron chi connectivity index (χ1n) is 9.05. The number of amides is 1. The highest BCUT2D eigenvalue weighted by molar-refractivity contribution is 7.92. The number of hydrogen-bond donors (Lipinski definition) is 2. The maximum atomic E-state index is 12.8. The predicted molar refractivity (Wildman–Crippen MR) is 117 cm³/mol. The zero-order valence-electron chi connectivity index (χ0n) is 16.0. The lowest BCUT2D eigenvalue weighted by Crippen LogP contribution is -2.17. The van der Waals surface area contributed by atoms with E-state index in [1.807, 2.05) is 38.1 Å². The van der Waals surface area contributed by atoms with Crippen LogP contribution in [0.15, 0.2) is 77.7 Å². The fourth-order valence-corrected chi connectivity index (χ4v) is 4.46. The molecule has 150 valence electrons. The van der Waals surface area contributed by atoms with Crippen LogP contribution in [0.2, 0.25) is 5.02 Å². The van der Waals surface area contributed by atoms with E-state index in [9.17, 15) is 13.2 Å². The SMILES string of the molecule is CC(C)c1ccccc1NC(=O)c1ccc(Cl)c(S(=O)(=O)Nc2ccccc2)c1. The molecule has 0 aliphatic rings. The molecule has 0 bridgehead atoms. The van der Waals surface area contributed by atoms with Crippen molar-refractivity contribution in [2.24, 2.45) is 0 Å². The van der Waals surface area contributed by atoms with Gasteiger partial charge in [-0.1, -0.05) is 61.8 Å². The maximum Gasteiger partial charge on any atom is 0.263 e. The summed E-state index contributed by atoms with van der Waals surface area (Å²) in [6, 6.07) is 20.2. The van der Waals surface area contributed by atoms with Gasteiger partial charge in [-0.15, -0.1) is 0 Å². The van der Waals surface area contributed by atoms with Crippen molar-refractivity contribution in [2.75, 3.05) is 10.0 Å². The Balaban J connectivity index is 1.90. The van der Waals surface area contributed by atoms with Gasteiger partial charge in [-0.05, 0) is 47.9 Å². The quantitative estimate of drug-likeness (QED) is 0.543. The summed E-state index contributed by atoms with van der Waals surface area (Å²) in [6.07, 6.45) is 0. The van der Waals surface area contributed by atoms with Gasteiger partial charge < -0.3 is 5.32 Å². The monoisotopic (exact) mass is 428 g/mol. The van der Waals surface area contributed by atoms with Crippen LogP contribution in [-0.2, 0) is 10.0 Å². The number of halogens is 1. The molecule has 3 rings (SSSR count). The lowest BCUT2D eigenvalue weighted by atomic mass is 10.0. The summed E-state index contributed by atoms with van der Waals surface area (Å²) < 4.78 is 28.0. The molecule has 0 heterocycles. The highest BCUT2D eigenvalue weighted by Gasteiger charge is 2.21. The summed E-state index contributed by atoms with van der Waals surface area (Å²) in [4.78, 5) is 12.6. The number of rotatable bonds is 6. The van der Waals surface area contributed by atoms with E-state index in [0.717, 1.165) is 5.56 Å². The molecule has 0 aliphatic carbocycles. The molecule has 3 aromatic carbocycles. The van der Waals surface area contributed by atoms with Crippen LogP contribution in [-0.4, -0.2) is 14.3 Å². The molecule has 7 heteroatoms. The number of nitrogens with one attached hydrogen (secondary N) is 2. The van der Waals surface area contributed by atoms with E-state index in [1.54, 1.807) is 30.3 Å². The number of sulfonamides is 1. The molecular weight excluding hydrogens is 408 g/mol. The fraction of sp³-hybridized carbons (Fsp3) is 0.136. The lowest BCUT2D eigenvalue weighted by molar-refractivity contribution is 0.102. The Morgan fingerprint density at radius 2 is 1.59 bits per heavy atom. The van der Waals surface area contributed by atoms with Crippen molar-refractivity contribution in [2.45, 2.75) is 24.7 Å². The molecule has 1 amide bonds. The van der Waals surface area contributed by atoms with Gasteiger partial charge >= 0.3 is 0 Å². The second kappa shape index (κ2) is 8.68. The van der Waals surface area contributed by atoms with Crippen LogP contribution in [0, 0.1) is 0 Å². The molecule has 0 radical (unpaired) electrons. The van der Waals surface area contributed by atoms with Crippen LogP contribution >= 0.6 is 11.6 Å². The number of hydrogen-bond acceptors (Lipinski definition) is 3. The molecule has 0 saturated heterocycles. The Hall–Kier alpha value is -2.83. The summed E-state index contributed by atoms with van der Waals surface area (Å²) in [5.74, 6) is -0.186. The Kier molecular flexibility index (Phi) is 6.25. The zero-order valence-corrected chi connectivity index (χ0v) is 17.6. The fourth-order valence-electron chi connectivity index (χ4n) is 2.88. The van der Waals surface area contributed by atoms with Crippen LogP contribution in [0.3, 0.4) is 0 Å². The second-order valence-electron chi connectivity index (χ2n) is 6.81. The summed E-state index contributed by atoms with van der Waals surface area (Å²) >= 11 is 6.13. The minimum atomic E-state index is -3.96. The van der Waals surface area contributed by atoms with Gasteiger partial charge in [0.05, 0.1) is 5.02 Å².